The molecule has 1 aromatic rings. The van der Waals surface area contributed by atoms with E-state index in [9.17, 15) is 0 Å². The van der Waals surface area contributed by atoms with Crippen LogP contribution in [0.5, 0.6) is 5.75 Å². The lowest BCUT2D eigenvalue weighted by atomic mass is 10.3. The lowest BCUT2D eigenvalue weighted by Gasteiger charge is -2.17. The van der Waals surface area contributed by atoms with E-state index in [1.54, 1.807) is 7.11 Å². The van der Waals surface area contributed by atoms with Crippen LogP contribution in [0.2, 0.25) is 0 Å². The largest absolute Gasteiger partial charge is 0.497 e. The lowest BCUT2D eigenvalue weighted by molar-refractivity contribution is 0.415. The molecule has 1 aliphatic rings. The van der Waals surface area contributed by atoms with Crippen molar-refractivity contribution in [3.8, 4) is 5.75 Å². The van der Waals surface area contributed by atoms with Crippen LogP contribution in [0.15, 0.2) is 24.3 Å². The van der Waals surface area contributed by atoms with E-state index in [-0.39, 0.29) is 0 Å². The molecule has 0 radical (unpaired) electrons. The van der Waals surface area contributed by atoms with Gasteiger partial charge in [-0.2, -0.15) is 0 Å². The summed E-state index contributed by atoms with van der Waals surface area (Å²) in [6.07, 6.45) is 1.98. The van der Waals surface area contributed by atoms with Crippen LogP contribution < -0.4 is 9.64 Å². The fourth-order valence-corrected chi connectivity index (χ4v) is 1.72. The maximum absolute atomic E-state index is 7.74. The minimum Gasteiger partial charge on any atom is -0.497 e. The summed E-state index contributed by atoms with van der Waals surface area (Å²) in [7, 11) is 1.66. The normalized spacial score (nSPS) is 16.1. The zero-order valence-electron chi connectivity index (χ0n) is 8.29. The molecule has 0 spiro atoms. The van der Waals surface area contributed by atoms with Gasteiger partial charge in [-0.3, -0.25) is 5.41 Å². The quantitative estimate of drug-likeness (QED) is 0.776. The van der Waals surface area contributed by atoms with Crippen molar-refractivity contribution in [1.29, 1.82) is 5.41 Å². The van der Waals surface area contributed by atoms with Gasteiger partial charge in [0, 0.05) is 18.7 Å². The maximum Gasteiger partial charge on any atom is 0.119 e. The summed E-state index contributed by atoms with van der Waals surface area (Å²) in [5.41, 5.74) is 1.09. The molecule has 2 rings (SSSR count). The van der Waals surface area contributed by atoms with Gasteiger partial charge in [-0.05, 0) is 30.7 Å². The number of anilines is 1. The van der Waals surface area contributed by atoms with E-state index in [4.69, 9.17) is 10.1 Å². The third-order valence-electron chi connectivity index (χ3n) is 2.51. The summed E-state index contributed by atoms with van der Waals surface area (Å²) >= 11 is 0. The summed E-state index contributed by atoms with van der Waals surface area (Å²) in [6, 6.07) is 7.86. The summed E-state index contributed by atoms with van der Waals surface area (Å²) in [6.45, 7) is 0.963. The molecule has 0 atom stereocenters. The van der Waals surface area contributed by atoms with Crippen LogP contribution in [0, 0.1) is 5.41 Å². The first-order valence-electron chi connectivity index (χ1n) is 4.80. The van der Waals surface area contributed by atoms with E-state index in [2.05, 4.69) is 0 Å². The molecular formula is C11H14N2O. The third-order valence-corrected chi connectivity index (χ3v) is 2.51. The second-order valence-corrected chi connectivity index (χ2v) is 3.40. The molecule has 0 saturated carbocycles. The van der Waals surface area contributed by atoms with E-state index in [1.807, 2.05) is 29.2 Å². The molecule has 1 fully saturated rings. The van der Waals surface area contributed by atoms with Crippen LogP contribution in [0.4, 0.5) is 5.69 Å². The van der Waals surface area contributed by atoms with Gasteiger partial charge < -0.3 is 9.64 Å². The van der Waals surface area contributed by atoms with Crippen molar-refractivity contribution in [1.82, 2.24) is 0 Å². The number of nitrogens with zero attached hydrogens (tertiary/aromatic N) is 1. The lowest BCUT2D eigenvalue weighted by Crippen LogP contribution is -2.22. The summed E-state index contributed by atoms with van der Waals surface area (Å²) in [5, 5.41) is 7.74. The van der Waals surface area contributed by atoms with E-state index >= 15 is 0 Å². The molecule has 14 heavy (non-hydrogen) atoms. The molecule has 1 aliphatic heterocycles. The van der Waals surface area contributed by atoms with Gasteiger partial charge in [0.2, 0.25) is 0 Å². The molecule has 74 valence electrons. The van der Waals surface area contributed by atoms with Crippen molar-refractivity contribution < 1.29 is 4.74 Å². The standard InChI is InChI=1S/C11H14N2O/c1-14-10-6-4-9(5-7-10)13-8-2-3-11(13)12/h4-7,12H,2-3,8H2,1H3. The van der Waals surface area contributed by atoms with Crippen LogP contribution in [0.1, 0.15) is 12.8 Å². The summed E-state index contributed by atoms with van der Waals surface area (Å²) in [5.74, 6) is 1.58. The van der Waals surface area contributed by atoms with Crippen molar-refractivity contribution >= 4 is 11.5 Å². The topological polar surface area (TPSA) is 36.3 Å². The number of nitrogens with one attached hydrogen (secondary N) is 1. The molecule has 1 aromatic carbocycles. The number of ether oxygens (including phenoxy) is 1. The Morgan fingerprint density at radius 3 is 2.50 bits per heavy atom. The van der Waals surface area contributed by atoms with Gasteiger partial charge in [0.25, 0.3) is 0 Å². The molecule has 1 N–H and O–H groups in total. The molecule has 0 aliphatic carbocycles. The number of hydrogen-bond donors (Lipinski definition) is 1. The van der Waals surface area contributed by atoms with Crippen LogP contribution >= 0.6 is 0 Å². The van der Waals surface area contributed by atoms with Crippen molar-refractivity contribution in [2.24, 2.45) is 0 Å². The van der Waals surface area contributed by atoms with Crippen molar-refractivity contribution in [2.75, 3.05) is 18.6 Å². The monoisotopic (exact) mass is 190 g/mol. The van der Waals surface area contributed by atoms with Crippen LogP contribution in [-0.2, 0) is 0 Å². The van der Waals surface area contributed by atoms with Gasteiger partial charge in [0.05, 0.1) is 7.11 Å². The van der Waals surface area contributed by atoms with Crippen molar-refractivity contribution in [2.45, 2.75) is 12.8 Å². The first-order valence-corrected chi connectivity index (χ1v) is 4.80. The SMILES string of the molecule is COc1ccc(N2CCCC2=N)cc1. The minimum absolute atomic E-state index is 0.718. The zero-order valence-corrected chi connectivity index (χ0v) is 8.29. The zero-order chi connectivity index (χ0) is 9.97. The molecule has 0 amide bonds. The van der Waals surface area contributed by atoms with Crippen LogP contribution in [0.3, 0.4) is 0 Å². The maximum atomic E-state index is 7.74. The van der Waals surface area contributed by atoms with Gasteiger partial charge in [-0.25, -0.2) is 0 Å². The Labute approximate surface area is 83.8 Å². The van der Waals surface area contributed by atoms with Gasteiger partial charge in [0.1, 0.15) is 11.6 Å². The number of benzene rings is 1. The second-order valence-electron chi connectivity index (χ2n) is 3.40. The Balaban J connectivity index is 2.20. The molecule has 3 heteroatoms. The average molecular weight is 190 g/mol. The van der Waals surface area contributed by atoms with E-state index in [0.29, 0.717) is 0 Å². The van der Waals surface area contributed by atoms with Gasteiger partial charge in [0.15, 0.2) is 0 Å². The van der Waals surface area contributed by atoms with Crippen molar-refractivity contribution in [3.05, 3.63) is 24.3 Å². The number of rotatable bonds is 2. The highest BCUT2D eigenvalue weighted by Gasteiger charge is 2.17. The third kappa shape index (κ3) is 1.58. The predicted molar refractivity (Wildman–Crippen MR) is 57.3 cm³/mol. The fourth-order valence-electron chi connectivity index (χ4n) is 1.72. The van der Waals surface area contributed by atoms with Crippen molar-refractivity contribution in [3.63, 3.8) is 0 Å². The highest BCUT2D eigenvalue weighted by atomic mass is 16.5. The fraction of sp³-hybridized carbons (Fsp3) is 0.364. The van der Waals surface area contributed by atoms with E-state index in [0.717, 1.165) is 36.7 Å². The Morgan fingerprint density at radius 2 is 2.00 bits per heavy atom. The predicted octanol–water partition coefficient (Wildman–Crippen LogP) is 2.27. The summed E-state index contributed by atoms with van der Waals surface area (Å²) in [4.78, 5) is 2.04. The first-order chi connectivity index (χ1) is 6.81. The van der Waals surface area contributed by atoms with E-state index in [1.165, 1.54) is 0 Å². The smallest absolute Gasteiger partial charge is 0.119 e. The van der Waals surface area contributed by atoms with Crippen LogP contribution in [0.25, 0.3) is 0 Å². The molecule has 3 nitrogen and oxygen atoms in total. The Hall–Kier alpha value is -1.51. The van der Waals surface area contributed by atoms with E-state index < -0.39 is 0 Å². The molecule has 1 heterocycles. The minimum atomic E-state index is 0.718. The molecule has 0 bridgehead atoms. The number of methoxy groups -OCH3 is 1. The Morgan fingerprint density at radius 1 is 1.29 bits per heavy atom. The first kappa shape index (κ1) is 9.06. The Kier molecular flexibility index (Phi) is 2.39. The molecular weight excluding hydrogens is 176 g/mol. The highest BCUT2D eigenvalue weighted by Crippen LogP contribution is 2.23. The molecule has 0 unspecified atom stereocenters. The summed E-state index contributed by atoms with van der Waals surface area (Å²) < 4.78 is 5.09. The Bertz CT molecular complexity index is 332. The average Bonchev–Trinajstić information content (AvgIpc) is 2.65. The van der Waals surface area contributed by atoms with Gasteiger partial charge in [-0.15, -0.1) is 0 Å². The van der Waals surface area contributed by atoms with Gasteiger partial charge >= 0.3 is 0 Å². The second kappa shape index (κ2) is 3.70. The molecule has 0 aromatic heterocycles. The molecule has 1 saturated heterocycles. The van der Waals surface area contributed by atoms with Crippen LogP contribution in [-0.4, -0.2) is 19.5 Å². The highest BCUT2D eigenvalue weighted by molar-refractivity contribution is 5.97. The number of hydrogen-bond acceptors (Lipinski definition) is 2. The van der Waals surface area contributed by atoms with Gasteiger partial charge in [-0.1, -0.05) is 0 Å². The number of amidine groups is 1.